The first-order valence-corrected chi connectivity index (χ1v) is 13.5. The molecule has 0 fully saturated rings. The first kappa shape index (κ1) is 27.2. The molecule has 42 heavy (non-hydrogen) atoms. The molecule has 5 aliphatic rings. The summed E-state index contributed by atoms with van der Waals surface area (Å²) in [5.41, 5.74) is 2.61. The zero-order valence-corrected chi connectivity index (χ0v) is 22.8. The number of halogens is 1. The van der Waals surface area contributed by atoms with Crippen LogP contribution in [0, 0.1) is 17.2 Å². The Bertz CT molecular complexity index is 1730. The lowest BCUT2D eigenvalue weighted by Crippen LogP contribution is -2.46. The molecule has 2 atom stereocenters. The van der Waals surface area contributed by atoms with Gasteiger partial charge in [0.25, 0.3) is 0 Å². The van der Waals surface area contributed by atoms with Crippen LogP contribution in [0.2, 0.25) is 0 Å². The van der Waals surface area contributed by atoms with E-state index in [0.29, 0.717) is 40.9 Å². The molecule has 0 spiro atoms. The SMILES string of the molecule is CCC1([C@H](CC(=O)O)C(=O)OC)C(=C=O)OCC2=C1C=C1C3=C(CN1C2=C=O)N1CCCc2cc(F)cc(c21)C3=C=O. The van der Waals surface area contributed by atoms with E-state index in [-0.39, 0.29) is 36.6 Å². The van der Waals surface area contributed by atoms with Gasteiger partial charge in [-0.2, -0.15) is 0 Å². The van der Waals surface area contributed by atoms with E-state index in [2.05, 4.69) is 0 Å². The van der Waals surface area contributed by atoms with Crippen LogP contribution in [0.5, 0.6) is 0 Å². The summed E-state index contributed by atoms with van der Waals surface area (Å²) in [7, 11) is 1.11. The zero-order valence-electron chi connectivity index (χ0n) is 22.8. The summed E-state index contributed by atoms with van der Waals surface area (Å²) < 4.78 is 25.5. The van der Waals surface area contributed by atoms with Gasteiger partial charge < -0.3 is 24.4 Å². The summed E-state index contributed by atoms with van der Waals surface area (Å²) in [6, 6.07) is 2.76. The van der Waals surface area contributed by atoms with Crippen LogP contribution in [0.3, 0.4) is 0 Å². The first-order chi connectivity index (χ1) is 20.2. The molecule has 10 nitrogen and oxygen atoms in total. The molecule has 11 heteroatoms. The van der Waals surface area contributed by atoms with Gasteiger partial charge in [0.15, 0.2) is 17.6 Å². The Morgan fingerprint density at radius 1 is 1.19 bits per heavy atom. The number of benzene rings is 1. The fraction of sp³-hybridized carbons (Fsp3) is 0.355. The molecule has 0 amide bonds. The molecule has 1 N–H and O–H groups in total. The number of anilines is 1. The lowest BCUT2D eigenvalue weighted by molar-refractivity contribution is -0.155. The van der Waals surface area contributed by atoms with Crippen LogP contribution < -0.4 is 4.90 Å². The Morgan fingerprint density at radius 3 is 2.62 bits per heavy atom. The van der Waals surface area contributed by atoms with Gasteiger partial charge in [-0.25, -0.2) is 18.8 Å². The Labute approximate surface area is 239 Å². The van der Waals surface area contributed by atoms with Crippen molar-refractivity contribution in [1.82, 2.24) is 4.90 Å². The van der Waals surface area contributed by atoms with Crippen molar-refractivity contribution in [3.05, 3.63) is 74.7 Å². The number of ether oxygens (including phenoxy) is 2. The maximum atomic E-state index is 14.7. The smallest absolute Gasteiger partial charge is 0.310 e. The first-order valence-electron chi connectivity index (χ1n) is 13.5. The average molecular weight is 573 g/mol. The maximum Gasteiger partial charge on any atom is 0.310 e. The normalized spacial score (nSPS) is 22.5. The van der Waals surface area contributed by atoms with Gasteiger partial charge in [0.1, 0.15) is 24.1 Å². The highest BCUT2D eigenvalue weighted by atomic mass is 19.1. The summed E-state index contributed by atoms with van der Waals surface area (Å²) >= 11 is 0. The summed E-state index contributed by atoms with van der Waals surface area (Å²) in [6.07, 6.45) is 2.36. The number of hydrogen-bond donors (Lipinski definition) is 1. The number of carbonyl (C=O) groups excluding carboxylic acids is 4. The van der Waals surface area contributed by atoms with Crippen molar-refractivity contribution in [2.45, 2.75) is 32.6 Å². The van der Waals surface area contributed by atoms with Crippen LogP contribution in [0.4, 0.5) is 10.1 Å². The third-order valence-electron chi connectivity index (χ3n) is 8.96. The minimum absolute atomic E-state index is 0.0190. The number of rotatable bonds is 5. The van der Waals surface area contributed by atoms with E-state index in [1.807, 2.05) is 16.8 Å². The molecule has 1 unspecified atom stereocenters. The van der Waals surface area contributed by atoms with Gasteiger partial charge >= 0.3 is 11.9 Å². The summed E-state index contributed by atoms with van der Waals surface area (Å²) in [6.45, 7) is 2.23. The van der Waals surface area contributed by atoms with E-state index < -0.39 is 35.5 Å². The van der Waals surface area contributed by atoms with Crippen molar-refractivity contribution in [3.8, 4) is 0 Å². The fourth-order valence-corrected chi connectivity index (χ4v) is 7.25. The molecule has 6 rings (SSSR count). The molecular formula is C31H25FN2O8. The second-order valence-electron chi connectivity index (χ2n) is 10.7. The molecular weight excluding hydrogens is 547 g/mol. The molecule has 1 aromatic rings. The number of carboxylic acid groups (broad SMARTS) is 1. The number of carbonyl (C=O) groups is 2. The van der Waals surface area contributed by atoms with E-state index in [0.717, 1.165) is 30.5 Å². The molecule has 5 aliphatic heterocycles. The molecule has 0 saturated heterocycles. The van der Waals surface area contributed by atoms with Gasteiger partial charge in [-0.05, 0) is 48.6 Å². The number of allylic oxidation sites excluding steroid dienone is 3. The van der Waals surface area contributed by atoms with E-state index in [9.17, 15) is 33.5 Å². The van der Waals surface area contributed by atoms with Gasteiger partial charge in [0.2, 0.25) is 0 Å². The van der Waals surface area contributed by atoms with Gasteiger partial charge in [0.05, 0.1) is 48.4 Å². The van der Waals surface area contributed by atoms with Crippen molar-refractivity contribution in [2.75, 3.05) is 31.7 Å². The predicted molar refractivity (Wildman–Crippen MR) is 145 cm³/mol. The van der Waals surface area contributed by atoms with Crippen molar-refractivity contribution in [2.24, 2.45) is 11.3 Å². The second kappa shape index (κ2) is 9.86. The predicted octanol–water partition coefficient (Wildman–Crippen LogP) is 2.69. The van der Waals surface area contributed by atoms with E-state index in [4.69, 9.17) is 9.47 Å². The number of esters is 1. The average Bonchev–Trinajstić information content (AvgIpc) is 3.37. The van der Waals surface area contributed by atoms with Crippen LogP contribution in [0.15, 0.2) is 57.8 Å². The minimum Gasteiger partial charge on any atom is -0.481 e. The van der Waals surface area contributed by atoms with Crippen molar-refractivity contribution in [3.63, 3.8) is 0 Å². The third-order valence-corrected chi connectivity index (χ3v) is 8.96. The highest BCUT2D eigenvalue weighted by Crippen LogP contribution is 2.58. The maximum absolute atomic E-state index is 14.7. The quantitative estimate of drug-likeness (QED) is 0.415. The van der Waals surface area contributed by atoms with Crippen molar-refractivity contribution >= 4 is 41.0 Å². The number of fused-ring (bicyclic) bond motifs is 3. The molecule has 0 saturated carbocycles. The molecule has 0 aromatic heterocycles. The lowest BCUT2D eigenvalue weighted by Gasteiger charge is -2.45. The Morgan fingerprint density at radius 2 is 1.98 bits per heavy atom. The van der Waals surface area contributed by atoms with Gasteiger partial charge in [-0.3, -0.25) is 9.59 Å². The topological polar surface area (TPSA) is 131 Å². The molecule has 0 bridgehead atoms. The fourth-order valence-electron chi connectivity index (χ4n) is 7.25. The Hall–Kier alpha value is -4.94. The number of hydrogen-bond acceptors (Lipinski definition) is 9. The van der Waals surface area contributed by atoms with Crippen LogP contribution in [0.25, 0.3) is 5.57 Å². The summed E-state index contributed by atoms with van der Waals surface area (Å²) in [5, 5.41) is 9.74. The van der Waals surface area contributed by atoms with Crippen LogP contribution in [-0.4, -0.2) is 66.6 Å². The lowest BCUT2D eigenvalue weighted by atomic mass is 9.62. The van der Waals surface area contributed by atoms with Gasteiger partial charge in [0, 0.05) is 29.0 Å². The van der Waals surface area contributed by atoms with E-state index >= 15 is 0 Å². The van der Waals surface area contributed by atoms with Crippen molar-refractivity contribution < 1.29 is 42.9 Å². The number of carboxylic acids is 1. The van der Waals surface area contributed by atoms with Crippen LogP contribution in [-0.2, 0) is 39.9 Å². The van der Waals surface area contributed by atoms with E-state index in [1.165, 1.54) is 12.1 Å². The molecule has 0 aliphatic carbocycles. The Balaban J connectivity index is 1.64. The number of aryl methyl sites for hydroxylation is 1. The highest BCUT2D eigenvalue weighted by Gasteiger charge is 2.56. The van der Waals surface area contributed by atoms with Gasteiger partial charge in [-0.15, -0.1) is 0 Å². The third kappa shape index (κ3) is 3.55. The van der Waals surface area contributed by atoms with E-state index in [1.54, 1.807) is 23.8 Å². The van der Waals surface area contributed by atoms with Crippen molar-refractivity contribution in [1.29, 1.82) is 0 Å². The number of methoxy groups -OCH3 is 1. The minimum atomic E-state index is -1.66. The molecule has 1 aromatic carbocycles. The standard InChI is InChI=1S/C31H25FN2O8/c1-3-31(22(10-27(38)39)30(40)41-2)21-9-23-28-19(12-35)18-8-17(32)7-16-5-4-6-33(29(16)18)24(28)11-34(23)25(13-36)20(21)15-42-26(31)14-37/h7-9,22H,3-6,10-11,15H2,1-2H3,(H,38,39)/t22-,31?/m1/s1. The number of nitrogens with zero attached hydrogens (tertiary/aromatic N) is 2. The van der Waals surface area contributed by atoms with Gasteiger partial charge in [-0.1, -0.05) is 6.92 Å². The molecule has 5 heterocycles. The second-order valence-corrected chi connectivity index (χ2v) is 10.7. The highest BCUT2D eigenvalue weighted by molar-refractivity contribution is 6.07. The molecule has 214 valence electrons. The summed E-state index contributed by atoms with van der Waals surface area (Å²) in [5.74, 6) is 1.37. The summed E-state index contributed by atoms with van der Waals surface area (Å²) in [4.78, 5) is 66.2. The van der Waals surface area contributed by atoms with Crippen LogP contribution >= 0.6 is 0 Å². The largest absolute Gasteiger partial charge is 0.481 e. The Kier molecular flexibility index (Phi) is 6.39. The van der Waals surface area contributed by atoms with Crippen LogP contribution in [0.1, 0.15) is 37.3 Å². The monoisotopic (exact) mass is 572 g/mol. The zero-order chi connectivity index (χ0) is 29.9. The number of aliphatic carboxylic acids is 1. The molecule has 0 radical (unpaired) electrons.